The predicted molar refractivity (Wildman–Crippen MR) is 82.7 cm³/mol. The Morgan fingerprint density at radius 1 is 1.48 bits per heavy atom. The van der Waals surface area contributed by atoms with Crippen molar-refractivity contribution >= 4 is 11.4 Å². The summed E-state index contributed by atoms with van der Waals surface area (Å²) in [5.74, 6) is 0. The average Bonchev–Trinajstić information content (AvgIpc) is 2.46. The van der Waals surface area contributed by atoms with Gasteiger partial charge in [0.15, 0.2) is 0 Å². The Morgan fingerprint density at radius 3 is 2.76 bits per heavy atom. The van der Waals surface area contributed by atoms with E-state index in [1.165, 1.54) is 6.07 Å². The zero-order chi connectivity index (χ0) is 15.6. The van der Waals surface area contributed by atoms with E-state index < -0.39 is 6.10 Å². The molecule has 0 aromatic heterocycles. The summed E-state index contributed by atoms with van der Waals surface area (Å²) in [4.78, 5) is 15.2. The van der Waals surface area contributed by atoms with Gasteiger partial charge in [-0.05, 0) is 45.5 Å². The van der Waals surface area contributed by atoms with Gasteiger partial charge in [-0.2, -0.15) is 0 Å². The predicted octanol–water partition coefficient (Wildman–Crippen LogP) is 2.18. The summed E-state index contributed by atoms with van der Waals surface area (Å²) in [7, 11) is 4.08. The van der Waals surface area contributed by atoms with Crippen LogP contribution in [0.1, 0.15) is 31.4 Å². The molecule has 6 heteroatoms. The number of hydrogen-bond donors (Lipinski definition) is 1. The number of aliphatic hydroxyl groups excluding tert-OH is 1. The molecule has 1 saturated heterocycles. The molecule has 116 valence electrons. The van der Waals surface area contributed by atoms with Crippen LogP contribution in [0.15, 0.2) is 18.2 Å². The molecule has 1 unspecified atom stereocenters. The maximum atomic E-state index is 11.3. The maximum Gasteiger partial charge on any atom is 0.292 e. The van der Waals surface area contributed by atoms with Crippen LogP contribution in [0.2, 0.25) is 0 Å². The van der Waals surface area contributed by atoms with Crippen molar-refractivity contribution in [1.82, 2.24) is 4.90 Å². The molecule has 0 spiro atoms. The van der Waals surface area contributed by atoms with Gasteiger partial charge < -0.3 is 14.9 Å². The van der Waals surface area contributed by atoms with Crippen molar-refractivity contribution in [3.8, 4) is 0 Å². The number of rotatable bonds is 4. The van der Waals surface area contributed by atoms with Crippen LogP contribution in [0.5, 0.6) is 0 Å². The minimum Gasteiger partial charge on any atom is -0.389 e. The number of benzene rings is 1. The highest BCUT2D eigenvalue weighted by molar-refractivity contribution is 5.65. The first-order valence-corrected chi connectivity index (χ1v) is 7.28. The topological polar surface area (TPSA) is 69.8 Å². The van der Waals surface area contributed by atoms with Crippen molar-refractivity contribution in [2.24, 2.45) is 0 Å². The molecule has 2 atom stereocenters. The molecule has 1 heterocycles. The molecular weight excluding hydrogens is 270 g/mol. The number of piperidine rings is 1. The van der Waals surface area contributed by atoms with Crippen molar-refractivity contribution in [1.29, 1.82) is 0 Å². The number of nitro benzene ring substituents is 1. The van der Waals surface area contributed by atoms with E-state index in [1.807, 2.05) is 14.1 Å². The van der Waals surface area contributed by atoms with E-state index in [1.54, 1.807) is 19.1 Å². The lowest BCUT2D eigenvalue weighted by molar-refractivity contribution is -0.384. The van der Waals surface area contributed by atoms with Crippen molar-refractivity contribution in [2.75, 3.05) is 32.1 Å². The monoisotopic (exact) mass is 293 g/mol. The minimum atomic E-state index is -0.700. The number of anilines is 1. The molecule has 6 nitrogen and oxygen atoms in total. The SMILES string of the molecule is C[C@@H](O)c1ccc(N2CCCC(N(C)C)C2)c([N+](=O)[O-])c1. The summed E-state index contributed by atoms with van der Waals surface area (Å²) in [5, 5.41) is 20.9. The molecule has 21 heavy (non-hydrogen) atoms. The maximum absolute atomic E-state index is 11.3. The molecular formula is C15H23N3O3. The van der Waals surface area contributed by atoms with E-state index in [2.05, 4.69) is 9.80 Å². The van der Waals surface area contributed by atoms with Gasteiger partial charge in [-0.1, -0.05) is 6.07 Å². The Labute approximate surface area is 125 Å². The van der Waals surface area contributed by atoms with Gasteiger partial charge in [-0.25, -0.2) is 0 Å². The van der Waals surface area contributed by atoms with E-state index in [0.717, 1.165) is 25.9 Å². The normalized spacial score (nSPS) is 20.6. The molecule has 0 radical (unpaired) electrons. The van der Waals surface area contributed by atoms with Gasteiger partial charge in [0.25, 0.3) is 5.69 Å². The van der Waals surface area contributed by atoms with Crippen molar-refractivity contribution in [3.05, 3.63) is 33.9 Å². The molecule has 0 amide bonds. The Balaban J connectivity index is 2.32. The van der Waals surface area contributed by atoms with Crippen LogP contribution in [0.3, 0.4) is 0 Å². The fourth-order valence-electron chi connectivity index (χ4n) is 2.81. The largest absolute Gasteiger partial charge is 0.389 e. The molecule has 1 aromatic rings. The molecule has 0 aliphatic carbocycles. The van der Waals surface area contributed by atoms with Crippen LogP contribution in [0, 0.1) is 10.1 Å². The lowest BCUT2D eigenvalue weighted by Gasteiger charge is -2.37. The van der Waals surface area contributed by atoms with Gasteiger partial charge in [0, 0.05) is 25.2 Å². The van der Waals surface area contributed by atoms with Crippen LogP contribution >= 0.6 is 0 Å². The van der Waals surface area contributed by atoms with Crippen LogP contribution in [-0.2, 0) is 0 Å². The first-order valence-electron chi connectivity index (χ1n) is 7.28. The van der Waals surface area contributed by atoms with Crippen LogP contribution in [-0.4, -0.2) is 48.2 Å². The fraction of sp³-hybridized carbons (Fsp3) is 0.600. The highest BCUT2D eigenvalue weighted by atomic mass is 16.6. The van der Waals surface area contributed by atoms with Gasteiger partial charge in [-0.3, -0.25) is 10.1 Å². The third-order valence-corrected chi connectivity index (χ3v) is 4.15. The average molecular weight is 293 g/mol. The third kappa shape index (κ3) is 3.51. The number of hydrogen-bond acceptors (Lipinski definition) is 5. The van der Waals surface area contributed by atoms with E-state index in [0.29, 0.717) is 17.3 Å². The quantitative estimate of drug-likeness (QED) is 0.680. The van der Waals surface area contributed by atoms with Gasteiger partial charge in [-0.15, -0.1) is 0 Å². The lowest BCUT2D eigenvalue weighted by atomic mass is 10.0. The zero-order valence-corrected chi connectivity index (χ0v) is 12.8. The Hall–Kier alpha value is -1.66. The molecule has 1 N–H and O–H groups in total. The second kappa shape index (κ2) is 6.41. The van der Waals surface area contributed by atoms with Crippen molar-refractivity contribution < 1.29 is 10.0 Å². The van der Waals surface area contributed by atoms with Crippen LogP contribution < -0.4 is 4.90 Å². The smallest absolute Gasteiger partial charge is 0.292 e. The molecule has 0 saturated carbocycles. The molecule has 1 aliphatic heterocycles. The standard InChI is InChI=1S/C15H23N3O3/c1-11(19)12-6-7-14(15(9-12)18(20)21)17-8-4-5-13(10-17)16(2)3/h6-7,9,11,13,19H,4-5,8,10H2,1-3H3/t11-,13?/m1/s1. The molecule has 1 aliphatic rings. The lowest BCUT2D eigenvalue weighted by Crippen LogP contribution is -2.45. The molecule has 2 rings (SSSR count). The van der Waals surface area contributed by atoms with Crippen molar-refractivity contribution in [3.63, 3.8) is 0 Å². The zero-order valence-electron chi connectivity index (χ0n) is 12.8. The highest BCUT2D eigenvalue weighted by Crippen LogP contribution is 2.33. The second-order valence-electron chi connectivity index (χ2n) is 5.89. The Morgan fingerprint density at radius 2 is 2.19 bits per heavy atom. The van der Waals surface area contributed by atoms with Crippen LogP contribution in [0.25, 0.3) is 0 Å². The first kappa shape index (κ1) is 15.7. The van der Waals surface area contributed by atoms with Gasteiger partial charge in [0.05, 0.1) is 11.0 Å². The number of likely N-dealkylation sites (N-methyl/N-ethyl adjacent to an activating group) is 1. The summed E-state index contributed by atoms with van der Waals surface area (Å²) in [6.07, 6.45) is 1.44. The Kier molecular flexibility index (Phi) is 4.80. The number of nitro groups is 1. The van der Waals surface area contributed by atoms with Gasteiger partial charge in [0.1, 0.15) is 5.69 Å². The highest BCUT2D eigenvalue weighted by Gasteiger charge is 2.27. The van der Waals surface area contributed by atoms with Crippen LogP contribution in [0.4, 0.5) is 11.4 Å². The van der Waals surface area contributed by atoms with Gasteiger partial charge >= 0.3 is 0 Å². The number of aliphatic hydroxyl groups is 1. The molecule has 1 fully saturated rings. The van der Waals surface area contributed by atoms with E-state index >= 15 is 0 Å². The third-order valence-electron chi connectivity index (χ3n) is 4.15. The summed E-state index contributed by atoms with van der Waals surface area (Å²) in [6.45, 7) is 3.24. The van der Waals surface area contributed by atoms with Crippen molar-refractivity contribution in [2.45, 2.75) is 31.9 Å². The number of nitrogens with zero attached hydrogens (tertiary/aromatic N) is 3. The van der Waals surface area contributed by atoms with E-state index in [-0.39, 0.29) is 10.6 Å². The summed E-state index contributed by atoms with van der Waals surface area (Å²) >= 11 is 0. The first-order chi connectivity index (χ1) is 9.90. The molecule has 0 bridgehead atoms. The van der Waals surface area contributed by atoms with E-state index in [4.69, 9.17) is 0 Å². The second-order valence-corrected chi connectivity index (χ2v) is 5.89. The molecule has 1 aromatic carbocycles. The summed E-state index contributed by atoms with van der Waals surface area (Å²) in [5.41, 5.74) is 1.30. The minimum absolute atomic E-state index is 0.0767. The summed E-state index contributed by atoms with van der Waals surface area (Å²) < 4.78 is 0. The Bertz CT molecular complexity index is 517. The fourth-order valence-corrected chi connectivity index (χ4v) is 2.81. The van der Waals surface area contributed by atoms with Gasteiger partial charge in [0.2, 0.25) is 0 Å². The van der Waals surface area contributed by atoms with E-state index in [9.17, 15) is 15.2 Å². The summed E-state index contributed by atoms with van der Waals surface area (Å²) in [6, 6.07) is 5.43.